The van der Waals surface area contributed by atoms with Crippen LogP contribution >= 0.6 is 0 Å². The Labute approximate surface area is 161 Å². The van der Waals surface area contributed by atoms with Gasteiger partial charge in [-0.3, -0.25) is 9.78 Å². The summed E-state index contributed by atoms with van der Waals surface area (Å²) >= 11 is 0. The van der Waals surface area contributed by atoms with E-state index in [1.807, 2.05) is 35.9 Å². The second-order valence-electron chi connectivity index (χ2n) is 6.65. The molecule has 3 aromatic heterocycles. The standard InChI is InChI=1S/C22H19FN4O/c1-15-5-8-21-26-19(14-27(21)13-15)9-10-24-22(28)17-6-7-20(25-12-17)16-3-2-4-18(23)11-16/h2-8,11-14H,9-10H2,1H3,(H,24,28). The van der Waals surface area contributed by atoms with E-state index in [-0.39, 0.29) is 11.7 Å². The van der Waals surface area contributed by atoms with Gasteiger partial charge in [-0.15, -0.1) is 0 Å². The number of fused-ring (bicyclic) bond motifs is 1. The zero-order valence-electron chi connectivity index (χ0n) is 15.4. The van der Waals surface area contributed by atoms with Crippen molar-refractivity contribution in [1.82, 2.24) is 19.7 Å². The lowest BCUT2D eigenvalue weighted by Crippen LogP contribution is -2.25. The number of rotatable bonds is 5. The first-order valence-corrected chi connectivity index (χ1v) is 9.03. The van der Waals surface area contributed by atoms with Crippen LogP contribution in [0, 0.1) is 12.7 Å². The Bertz CT molecular complexity index is 1130. The summed E-state index contributed by atoms with van der Waals surface area (Å²) in [5, 5.41) is 2.88. The highest BCUT2D eigenvalue weighted by molar-refractivity contribution is 5.94. The lowest BCUT2D eigenvalue weighted by Gasteiger charge is -2.05. The van der Waals surface area contributed by atoms with Crippen molar-refractivity contribution in [3.05, 3.63) is 89.8 Å². The molecule has 0 atom stereocenters. The van der Waals surface area contributed by atoms with E-state index in [0.29, 0.717) is 29.8 Å². The van der Waals surface area contributed by atoms with Gasteiger partial charge in [0, 0.05) is 37.1 Å². The van der Waals surface area contributed by atoms with Crippen LogP contribution in [-0.4, -0.2) is 26.8 Å². The van der Waals surface area contributed by atoms with Gasteiger partial charge < -0.3 is 9.72 Å². The van der Waals surface area contributed by atoms with Crippen molar-refractivity contribution in [2.75, 3.05) is 6.54 Å². The maximum atomic E-state index is 13.3. The highest BCUT2D eigenvalue weighted by atomic mass is 19.1. The van der Waals surface area contributed by atoms with Crippen molar-refractivity contribution in [1.29, 1.82) is 0 Å². The molecular weight excluding hydrogens is 355 g/mol. The molecule has 0 unspecified atom stereocenters. The van der Waals surface area contributed by atoms with Crippen molar-refractivity contribution < 1.29 is 9.18 Å². The van der Waals surface area contributed by atoms with Gasteiger partial charge in [-0.25, -0.2) is 9.37 Å². The number of benzene rings is 1. The predicted molar refractivity (Wildman–Crippen MR) is 106 cm³/mol. The maximum Gasteiger partial charge on any atom is 0.252 e. The fraction of sp³-hybridized carbons (Fsp3) is 0.136. The van der Waals surface area contributed by atoms with Crippen molar-refractivity contribution in [2.45, 2.75) is 13.3 Å². The molecule has 6 heteroatoms. The number of hydrogen-bond acceptors (Lipinski definition) is 3. The molecule has 28 heavy (non-hydrogen) atoms. The van der Waals surface area contributed by atoms with Crippen LogP contribution in [-0.2, 0) is 6.42 Å². The van der Waals surface area contributed by atoms with Crippen molar-refractivity contribution in [2.24, 2.45) is 0 Å². The number of amides is 1. The van der Waals surface area contributed by atoms with Crippen LogP contribution in [0.5, 0.6) is 0 Å². The Balaban J connectivity index is 1.36. The molecule has 1 N–H and O–H groups in total. The largest absolute Gasteiger partial charge is 0.352 e. The minimum atomic E-state index is -0.316. The number of carbonyl (C=O) groups excluding carboxylic acids is 1. The SMILES string of the molecule is Cc1ccc2nc(CCNC(=O)c3ccc(-c4cccc(F)c4)nc3)cn2c1. The van der Waals surface area contributed by atoms with Crippen LogP contribution in [0.2, 0.25) is 0 Å². The Kier molecular flexibility index (Phi) is 4.85. The molecule has 0 radical (unpaired) electrons. The first-order valence-electron chi connectivity index (χ1n) is 9.03. The summed E-state index contributed by atoms with van der Waals surface area (Å²) in [7, 11) is 0. The number of aryl methyl sites for hydroxylation is 1. The normalized spacial score (nSPS) is 10.9. The Morgan fingerprint density at radius 1 is 1.14 bits per heavy atom. The minimum Gasteiger partial charge on any atom is -0.352 e. The van der Waals surface area contributed by atoms with E-state index in [4.69, 9.17) is 0 Å². The number of imidazole rings is 1. The van der Waals surface area contributed by atoms with Gasteiger partial charge in [-0.1, -0.05) is 18.2 Å². The second kappa shape index (κ2) is 7.60. The van der Waals surface area contributed by atoms with E-state index < -0.39 is 0 Å². The van der Waals surface area contributed by atoms with E-state index >= 15 is 0 Å². The Morgan fingerprint density at radius 3 is 2.82 bits per heavy atom. The fourth-order valence-corrected chi connectivity index (χ4v) is 3.03. The van der Waals surface area contributed by atoms with Gasteiger partial charge in [0.05, 0.1) is 17.0 Å². The average molecular weight is 374 g/mol. The molecule has 0 fully saturated rings. The second-order valence-corrected chi connectivity index (χ2v) is 6.65. The molecule has 140 valence electrons. The molecule has 0 saturated carbocycles. The summed E-state index contributed by atoms with van der Waals surface area (Å²) < 4.78 is 15.3. The number of pyridine rings is 2. The van der Waals surface area contributed by atoms with Crippen molar-refractivity contribution in [3.8, 4) is 11.3 Å². The monoisotopic (exact) mass is 374 g/mol. The molecule has 0 aliphatic rings. The van der Waals surface area contributed by atoms with Crippen molar-refractivity contribution >= 4 is 11.6 Å². The summed E-state index contributed by atoms with van der Waals surface area (Å²) in [6, 6.07) is 13.6. The fourth-order valence-electron chi connectivity index (χ4n) is 3.03. The molecule has 0 aliphatic heterocycles. The highest BCUT2D eigenvalue weighted by Gasteiger charge is 2.08. The van der Waals surface area contributed by atoms with E-state index in [1.165, 1.54) is 23.9 Å². The maximum absolute atomic E-state index is 13.3. The molecule has 0 spiro atoms. The molecule has 1 aromatic carbocycles. The van der Waals surface area contributed by atoms with Gasteiger partial charge in [0.25, 0.3) is 5.91 Å². The number of halogens is 1. The van der Waals surface area contributed by atoms with E-state index in [9.17, 15) is 9.18 Å². The third kappa shape index (κ3) is 3.91. The highest BCUT2D eigenvalue weighted by Crippen LogP contribution is 2.18. The average Bonchev–Trinajstić information content (AvgIpc) is 3.10. The summed E-state index contributed by atoms with van der Waals surface area (Å²) in [5.74, 6) is -0.513. The first kappa shape index (κ1) is 17.9. The molecule has 3 heterocycles. The van der Waals surface area contributed by atoms with Crippen LogP contribution in [0.15, 0.2) is 67.1 Å². The lowest BCUT2D eigenvalue weighted by atomic mass is 10.1. The summed E-state index contributed by atoms with van der Waals surface area (Å²) in [5.41, 5.74) is 4.74. The van der Waals surface area contributed by atoms with Crippen LogP contribution < -0.4 is 5.32 Å². The van der Waals surface area contributed by atoms with Gasteiger partial charge in [-0.05, 0) is 42.8 Å². The molecule has 4 rings (SSSR count). The summed E-state index contributed by atoms with van der Waals surface area (Å²) in [6.07, 6.45) is 6.14. The number of aromatic nitrogens is 3. The van der Waals surface area contributed by atoms with E-state index in [0.717, 1.165) is 11.3 Å². The van der Waals surface area contributed by atoms with Gasteiger partial charge in [0.1, 0.15) is 11.5 Å². The van der Waals surface area contributed by atoms with Crippen LogP contribution in [0.25, 0.3) is 16.9 Å². The zero-order chi connectivity index (χ0) is 19.5. The Morgan fingerprint density at radius 2 is 2.04 bits per heavy atom. The molecular formula is C22H19FN4O. The number of nitrogens with zero attached hydrogens (tertiary/aromatic N) is 3. The van der Waals surface area contributed by atoms with Gasteiger partial charge in [-0.2, -0.15) is 0 Å². The third-order valence-electron chi connectivity index (χ3n) is 4.46. The smallest absolute Gasteiger partial charge is 0.252 e. The summed E-state index contributed by atoms with van der Waals surface area (Å²) in [4.78, 5) is 21.1. The number of nitrogens with one attached hydrogen (secondary N) is 1. The molecule has 1 amide bonds. The summed E-state index contributed by atoms with van der Waals surface area (Å²) in [6.45, 7) is 2.51. The Hall–Kier alpha value is -3.54. The minimum absolute atomic E-state index is 0.196. The zero-order valence-corrected chi connectivity index (χ0v) is 15.4. The van der Waals surface area contributed by atoms with Gasteiger partial charge in [0.15, 0.2) is 0 Å². The van der Waals surface area contributed by atoms with E-state index in [1.54, 1.807) is 24.3 Å². The van der Waals surface area contributed by atoms with Crippen LogP contribution in [0.1, 0.15) is 21.6 Å². The van der Waals surface area contributed by atoms with Gasteiger partial charge >= 0.3 is 0 Å². The van der Waals surface area contributed by atoms with E-state index in [2.05, 4.69) is 15.3 Å². The molecule has 0 saturated heterocycles. The van der Waals surface area contributed by atoms with Crippen LogP contribution in [0.4, 0.5) is 4.39 Å². The molecule has 0 aliphatic carbocycles. The topological polar surface area (TPSA) is 59.3 Å². The quantitative estimate of drug-likeness (QED) is 0.578. The lowest BCUT2D eigenvalue weighted by molar-refractivity contribution is 0.0953. The van der Waals surface area contributed by atoms with Gasteiger partial charge in [0.2, 0.25) is 0 Å². The predicted octanol–water partition coefficient (Wildman–Crippen LogP) is 3.82. The molecule has 4 aromatic rings. The third-order valence-corrected chi connectivity index (χ3v) is 4.46. The molecule has 0 bridgehead atoms. The van der Waals surface area contributed by atoms with Crippen LogP contribution in [0.3, 0.4) is 0 Å². The first-order chi connectivity index (χ1) is 13.6. The number of carbonyl (C=O) groups is 1. The van der Waals surface area contributed by atoms with Crippen molar-refractivity contribution in [3.63, 3.8) is 0 Å². The molecule has 5 nitrogen and oxygen atoms in total. The number of hydrogen-bond donors (Lipinski definition) is 1.